The maximum absolute atomic E-state index is 14.7. The van der Waals surface area contributed by atoms with Crippen LogP contribution in [0.4, 0.5) is 8.78 Å². The molecule has 1 aromatic rings. The van der Waals surface area contributed by atoms with Gasteiger partial charge in [0.1, 0.15) is 0 Å². The van der Waals surface area contributed by atoms with E-state index in [0.29, 0.717) is 19.3 Å². The number of halogens is 2. The molecule has 1 aliphatic carbocycles. The molecular formula is C18H27F2O2P. The maximum Gasteiger partial charge on any atom is 0.324 e. The zero-order chi connectivity index (χ0) is 16.8. The van der Waals surface area contributed by atoms with Crippen molar-refractivity contribution in [2.75, 3.05) is 13.3 Å². The van der Waals surface area contributed by atoms with Crippen LogP contribution >= 0.6 is 7.37 Å². The fourth-order valence-electron chi connectivity index (χ4n) is 3.38. The first-order valence-electron chi connectivity index (χ1n) is 8.56. The fourth-order valence-corrected chi connectivity index (χ4v) is 5.56. The number of aryl methyl sites for hydroxylation is 1. The Bertz CT molecular complexity index is 513. The Morgan fingerprint density at radius 2 is 1.78 bits per heavy atom. The molecule has 130 valence electrons. The highest BCUT2D eigenvalue weighted by molar-refractivity contribution is 7.60. The van der Waals surface area contributed by atoms with E-state index in [4.69, 9.17) is 4.52 Å². The van der Waals surface area contributed by atoms with Crippen LogP contribution in [0.3, 0.4) is 0 Å². The molecule has 1 atom stereocenters. The number of hydrogen-bond acceptors (Lipinski definition) is 2. The molecule has 0 bridgehead atoms. The largest absolute Gasteiger partial charge is 0.328 e. The molecule has 0 N–H and O–H groups in total. The Balaban J connectivity index is 1.89. The zero-order valence-electron chi connectivity index (χ0n) is 13.8. The third-order valence-corrected chi connectivity index (χ3v) is 7.62. The van der Waals surface area contributed by atoms with Crippen LogP contribution in [0.15, 0.2) is 30.3 Å². The summed E-state index contributed by atoms with van der Waals surface area (Å²) in [4.78, 5) is 0. The lowest BCUT2D eigenvalue weighted by molar-refractivity contribution is -0.00500. The highest BCUT2D eigenvalue weighted by Crippen LogP contribution is 2.65. The number of alkyl halides is 2. The Kier molecular flexibility index (Phi) is 6.79. The molecular weight excluding hydrogens is 317 g/mol. The zero-order valence-corrected chi connectivity index (χ0v) is 14.7. The predicted molar refractivity (Wildman–Crippen MR) is 90.4 cm³/mol. The lowest BCUT2D eigenvalue weighted by Crippen LogP contribution is -2.31. The normalized spacial score (nSPS) is 19.4. The molecule has 1 saturated carbocycles. The topological polar surface area (TPSA) is 26.3 Å². The number of rotatable bonds is 8. The van der Waals surface area contributed by atoms with Crippen LogP contribution in [0.2, 0.25) is 0 Å². The van der Waals surface area contributed by atoms with Crippen LogP contribution in [0.1, 0.15) is 50.5 Å². The molecule has 1 unspecified atom stereocenters. The van der Waals surface area contributed by atoms with Gasteiger partial charge >= 0.3 is 5.66 Å². The van der Waals surface area contributed by atoms with Crippen molar-refractivity contribution in [3.63, 3.8) is 0 Å². The van der Waals surface area contributed by atoms with Gasteiger partial charge in [-0.05, 0) is 37.7 Å². The van der Waals surface area contributed by atoms with Crippen LogP contribution in [0.25, 0.3) is 0 Å². The molecule has 2 rings (SSSR count). The first kappa shape index (κ1) is 18.6. The van der Waals surface area contributed by atoms with Crippen molar-refractivity contribution in [1.29, 1.82) is 0 Å². The number of unbranched alkanes of at least 4 members (excludes halogenated alkanes) is 1. The van der Waals surface area contributed by atoms with Crippen LogP contribution in [0, 0.1) is 5.92 Å². The average Bonchev–Trinajstić information content (AvgIpc) is 2.60. The van der Waals surface area contributed by atoms with E-state index in [1.54, 1.807) is 0 Å². The van der Waals surface area contributed by atoms with Gasteiger partial charge in [0.05, 0.1) is 0 Å². The van der Waals surface area contributed by atoms with E-state index >= 15 is 0 Å². The van der Waals surface area contributed by atoms with Gasteiger partial charge < -0.3 is 4.52 Å². The lowest BCUT2D eigenvalue weighted by Gasteiger charge is -2.34. The highest BCUT2D eigenvalue weighted by Gasteiger charge is 2.55. The van der Waals surface area contributed by atoms with E-state index in [2.05, 4.69) is 0 Å². The third kappa shape index (κ3) is 4.64. The van der Waals surface area contributed by atoms with Gasteiger partial charge in [-0.1, -0.05) is 49.6 Å². The lowest BCUT2D eigenvalue weighted by atomic mass is 9.89. The molecule has 1 aromatic carbocycles. The molecule has 23 heavy (non-hydrogen) atoms. The second-order valence-electron chi connectivity index (χ2n) is 6.45. The van der Waals surface area contributed by atoms with Crippen LogP contribution in [0.5, 0.6) is 0 Å². The smallest absolute Gasteiger partial charge is 0.324 e. The van der Waals surface area contributed by atoms with Gasteiger partial charge in [-0.3, -0.25) is 4.57 Å². The summed E-state index contributed by atoms with van der Waals surface area (Å²) in [7, 11) is -2.75. The summed E-state index contributed by atoms with van der Waals surface area (Å²) in [5.41, 5.74) is -2.01. The fraction of sp³-hybridized carbons (Fsp3) is 0.667. The molecule has 0 amide bonds. The summed E-state index contributed by atoms with van der Waals surface area (Å²) < 4.78 is 47.1. The highest BCUT2D eigenvalue weighted by atomic mass is 31.2. The van der Waals surface area contributed by atoms with Crippen molar-refractivity contribution < 1.29 is 17.9 Å². The van der Waals surface area contributed by atoms with Gasteiger partial charge in [0, 0.05) is 19.2 Å². The molecule has 0 heterocycles. The Morgan fingerprint density at radius 3 is 2.39 bits per heavy atom. The molecule has 5 heteroatoms. The van der Waals surface area contributed by atoms with E-state index in [0.717, 1.165) is 32.1 Å². The first-order chi connectivity index (χ1) is 11.0. The van der Waals surface area contributed by atoms with Gasteiger partial charge in [0.2, 0.25) is 0 Å². The summed E-state index contributed by atoms with van der Waals surface area (Å²) in [6.07, 6.45) is 5.57. The maximum atomic E-state index is 14.7. The van der Waals surface area contributed by atoms with Gasteiger partial charge in [0.25, 0.3) is 7.37 Å². The molecule has 0 saturated heterocycles. The standard InChI is InChI=1S/C18H27F2O2P/c1-22-23(21,18(19,20)17-13-6-3-7-14-17)15-9-8-12-16-10-4-2-5-11-16/h2,4-5,10-11,17H,3,6-9,12-15H2,1H3. The van der Waals surface area contributed by atoms with Crippen LogP contribution < -0.4 is 0 Å². The molecule has 0 spiro atoms. The molecule has 0 aromatic heterocycles. The van der Waals surface area contributed by atoms with Gasteiger partial charge in [0.15, 0.2) is 0 Å². The van der Waals surface area contributed by atoms with Gasteiger partial charge in [-0.2, -0.15) is 8.78 Å². The molecule has 1 aliphatic rings. The number of hydrogen-bond donors (Lipinski definition) is 0. The second-order valence-corrected chi connectivity index (χ2v) is 9.20. The van der Waals surface area contributed by atoms with E-state index in [1.165, 1.54) is 12.7 Å². The van der Waals surface area contributed by atoms with E-state index < -0.39 is 19.0 Å². The quantitative estimate of drug-likeness (QED) is 0.420. The Labute approximate surface area is 138 Å². The molecule has 1 fully saturated rings. The SMILES string of the molecule is COP(=O)(CCCCc1ccccc1)C(F)(F)C1CCCCC1. The van der Waals surface area contributed by atoms with E-state index in [1.807, 2.05) is 30.3 Å². The minimum Gasteiger partial charge on any atom is -0.328 e. The Hall–Kier alpha value is -0.730. The Morgan fingerprint density at radius 1 is 1.13 bits per heavy atom. The summed E-state index contributed by atoms with van der Waals surface area (Å²) >= 11 is 0. The number of benzene rings is 1. The van der Waals surface area contributed by atoms with Crippen LogP contribution in [-0.4, -0.2) is 18.9 Å². The minimum atomic E-state index is -3.93. The van der Waals surface area contributed by atoms with Crippen molar-refractivity contribution in [2.24, 2.45) is 5.92 Å². The van der Waals surface area contributed by atoms with Gasteiger partial charge in [-0.25, -0.2) is 0 Å². The van der Waals surface area contributed by atoms with Crippen molar-refractivity contribution in [1.82, 2.24) is 0 Å². The molecule has 0 radical (unpaired) electrons. The average molecular weight is 344 g/mol. The first-order valence-corrected chi connectivity index (χ1v) is 10.4. The second kappa shape index (κ2) is 8.39. The summed E-state index contributed by atoms with van der Waals surface area (Å²) in [6, 6.07) is 9.92. The van der Waals surface area contributed by atoms with Crippen molar-refractivity contribution in [3.05, 3.63) is 35.9 Å². The third-order valence-electron chi connectivity index (χ3n) is 4.86. The van der Waals surface area contributed by atoms with Crippen molar-refractivity contribution >= 4 is 7.37 Å². The van der Waals surface area contributed by atoms with E-state index in [-0.39, 0.29) is 6.16 Å². The summed E-state index contributed by atoms with van der Waals surface area (Å²) in [5.74, 6) is -0.781. The predicted octanol–water partition coefficient (Wildman–Crippen LogP) is 6.11. The van der Waals surface area contributed by atoms with Crippen LogP contribution in [-0.2, 0) is 15.5 Å². The summed E-state index contributed by atoms with van der Waals surface area (Å²) in [6.45, 7) is 0. The molecule has 2 nitrogen and oxygen atoms in total. The summed E-state index contributed by atoms with van der Waals surface area (Å²) in [5, 5.41) is 0. The van der Waals surface area contributed by atoms with Gasteiger partial charge in [-0.15, -0.1) is 0 Å². The minimum absolute atomic E-state index is 0.0279. The van der Waals surface area contributed by atoms with Crippen molar-refractivity contribution in [2.45, 2.75) is 57.0 Å². The molecule has 0 aliphatic heterocycles. The monoisotopic (exact) mass is 344 g/mol. The van der Waals surface area contributed by atoms with Crippen molar-refractivity contribution in [3.8, 4) is 0 Å². The van der Waals surface area contributed by atoms with E-state index in [9.17, 15) is 13.3 Å².